The number of rotatable bonds is 8. The average Bonchev–Trinajstić information content (AvgIpc) is 3.40. The predicted molar refractivity (Wildman–Crippen MR) is 127 cm³/mol. The Labute approximate surface area is 195 Å². The minimum Gasteiger partial charge on any atom is -0.466 e. The fraction of sp³-hybridized carbons (Fsp3) is 0.190. The number of aromatic amines is 1. The summed E-state index contributed by atoms with van der Waals surface area (Å²) in [5, 5.41) is 7.64. The van der Waals surface area contributed by atoms with Crippen molar-refractivity contribution in [2.75, 3.05) is 17.7 Å². The molecule has 0 unspecified atom stereocenters. The van der Waals surface area contributed by atoms with E-state index < -0.39 is 0 Å². The van der Waals surface area contributed by atoms with Crippen LogP contribution in [0.25, 0.3) is 21.3 Å². The number of thiazole rings is 1. The van der Waals surface area contributed by atoms with Crippen molar-refractivity contribution < 1.29 is 14.3 Å². The number of carbonyl (C=O) groups excluding carboxylic acids is 2. The van der Waals surface area contributed by atoms with E-state index in [1.165, 1.54) is 22.7 Å². The zero-order valence-corrected chi connectivity index (χ0v) is 19.4. The summed E-state index contributed by atoms with van der Waals surface area (Å²) in [7, 11) is 0. The van der Waals surface area contributed by atoms with Crippen molar-refractivity contribution in [3.63, 3.8) is 0 Å². The van der Waals surface area contributed by atoms with Crippen LogP contribution in [0, 0.1) is 0 Å². The molecule has 1 amide bonds. The highest BCUT2D eigenvalue weighted by atomic mass is 32.2. The van der Waals surface area contributed by atoms with Crippen molar-refractivity contribution >= 4 is 61.7 Å². The van der Waals surface area contributed by atoms with Crippen molar-refractivity contribution in [2.45, 2.75) is 18.5 Å². The summed E-state index contributed by atoms with van der Waals surface area (Å²) in [6, 6.07) is 9.67. The zero-order valence-electron chi connectivity index (χ0n) is 16.9. The summed E-state index contributed by atoms with van der Waals surface area (Å²) in [6.07, 6.45) is 0.0614. The van der Waals surface area contributed by atoms with Gasteiger partial charge in [0, 0.05) is 16.3 Å². The molecule has 0 spiro atoms. The third-order valence-electron chi connectivity index (χ3n) is 4.28. The number of H-pyrrole nitrogens is 1. The summed E-state index contributed by atoms with van der Waals surface area (Å²) in [5.74, 6) is -0.593. The summed E-state index contributed by atoms with van der Waals surface area (Å²) in [4.78, 5) is 48.6. The predicted octanol–water partition coefficient (Wildman–Crippen LogP) is 3.94. The van der Waals surface area contributed by atoms with E-state index in [0.717, 1.165) is 22.9 Å². The van der Waals surface area contributed by atoms with Gasteiger partial charge in [0.05, 0.1) is 29.9 Å². The zero-order chi connectivity index (χ0) is 22.5. The van der Waals surface area contributed by atoms with Crippen molar-refractivity contribution in [1.29, 1.82) is 0 Å². The van der Waals surface area contributed by atoms with Gasteiger partial charge in [-0.2, -0.15) is 0 Å². The molecule has 32 heavy (non-hydrogen) atoms. The average molecular weight is 487 g/mol. The number of hydrogen-bond acceptors (Lipinski definition) is 9. The fourth-order valence-corrected chi connectivity index (χ4v) is 5.32. The Morgan fingerprint density at radius 1 is 1.16 bits per heavy atom. The summed E-state index contributed by atoms with van der Waals surface area (Å²) in [6.45, 7) is 2.05. The molecule has 11 heteroatoms. The molecule has 2 N–H and O–H groups in total. The normalized spacial score (nSPS) is 10.9. The molecule has 0 aliphatic carbocycles. The molecule has 8 nitrogen and oxygen atoms in total. The van der Waals surface area contributed by atoms with Gasteiger partial charge in [0.2, 0.25) is 5.91 Å². The lowest BCUT2D eigenvalue weighted by atomic mass is 10.1. The van der Waals surface area contributed by atoms with Crippen LogP contribution in [0.2, 0.25) is 0 Å². The number of hydrogen-bond donors (Lipinski definition) is 2. The second-order valence-corrected chi connectivity index (χ2v) is 9.21. The van der Waals surface area contributed by atoms with Gasteiger partial charge in [-0.15, -0.1) is 22.7 Å². The molecule has 0 atom stereocenters. The van der Waals surface area contributed by atoms with E-state index in [0.29, 0.717) is 32.8 Å². The number of amides is 1. The number of nitrogens with zero attached hydrogens (tertiary/aromatic N) is 2. The van der Waals surface area contributed by atoms with Gasteiger partial charge in [0.25, 0.3) is 5.56 Å². The Bertz CT molecular complexity index is 1310. The number of anilines is 1. The third-order valence-corrected chi connectivity index (χ3v) is 6.83. The largest absolute Gasteiger partial charge is 0.466 e. The Hall–Kier alpha value is -3.02. The van der Waals surface area contributed by atoms with Crippen molar-refractivity contribution in [3.8, 4) is 11.1 Å². The maximum atomic E-state index is 12.7. The van der Waals surface area contributed by atoms with Crippen molar-refractivity contribution in [2.24, 2.45) is 0 Å². The number of benzene rings is 1. The highest BCUT2D eigenvalue weighted by molar-refractivity contribution is 7.99. The minimum atomic E-state index is -0.361. The van der Waals surface area contributed by atoms with Crippen LogP contribution in [0.1, 0.15) is 12.6 Å². The number of esters is 1. The Morgan fingerprint density at radius 3 is 2.75 bits per heavy atom. The van der Waals surface area contributed by atoms with Crippen LogP contribution in [-0.2, 0) is 20.7 Å². The Kier molecular flexibility index (Phi) is 6.98. The van der Waals surface area contributed by atoms with Crippen molar-refractivity contribution in [1.82, 2.24) is 15.0 Å². The van der Waals surface area contributed by atoms with Crippen LogP contribution in [0.15, 0.2) is 51.0 Å². The lowest BCUT2D eigenvalue weighted by Crippen LogP contribution is -2.15. The van der Waals surface area contributed by atoms with Crippen LogP contribution in [-0.4, -0.2) is 39.2 Å². The molecule has 0 aliphatic heterocycles. The van der Waals surface area contributed by atoms with Gasteiger partial charge < -0.3 is 15.0 Å². The molecule has 0 radical (unpaired) electrons. The quantitative estimate of drug-likeness (QED) is 0.220. The first-order valence-electron chi connectivity index (χ1n) is 9.63. The molecule has 3 aromatic heterocycles. The molecule has 0 saturated heterocycles. The van der Waals surface area contributed by atoms with Crippen LogP contribution in [0.3, 0.4) is 0 Å². The van der Waals surface area contributed by atoms with E-state index in [1.807, 2.05) is 35.7 Å². The SMILES string of the molecule is CCOC(=O)Cc1csc(NC(=O)CSc2nc3scc(-c4ccccc4)c3c(=O)[nH]2)n1. The van der Waals surface area contributed by atoms with Crippen LogP contribution in [0.4, 0.5) is 5.13 Å². The van der Waals surface area contributed by atoms with E-state index >= 15 is 0 Å². The second kappa shape index (κ2) is 10.1. The van der Waals surface area contributed by atoms with Gasteiger partial charge in [0.1, 0.15) is 4.83 Å². The summed E-state index contributed by atoms with van der Waals surface area (Å²) in [5.41, 5.74) is 2.11. The maximum Gasteiger partial charge on any atom is 0.311 e. The smallest absolute Gasteiger partial charge is 0.311 e. The lowest BCUT2D eigenvalue weighted by Gasteiger charge is -2.03. The molecule has 0 fully saturated rings. The van der Waals surface area contributed by atoms with E-state index in [9.17, 15) is 14.4 Å². The first kappa shape index (κ1) is 22.2. The van der Waals surface area contributed by atoms with Gasteiger partial charge in [-0.05, 0) is 12.5 Å². The number of carbonyl (C=O) groups is 2. The molecule has 164 valence electrons. The Balaban J connectivity index is 1.39. The number of fused-ring (bicyclic) bond motifs is 1. The summed E-state index contributed by atoms with van der Waals surface area (Å²) >= 11 is 3.76. The van der Waals surface area contributed by atoms with Gasteiger partial charge >= 0.3 is 5.97 Å². The topological polar surface area (TPSA) is 114 Å². The van der Waals surface area contributed by atoms with Crippen molar-refractivity contribution in [3.05, 3.63) is 57.1 Å². The second-order valence-electron chi connectivity index (χ2n) is 6.53. The standard InChI is InChI=1S/C21H18N4O4S3/c1-2-29-16(27)8-13-9-31-20(22-13)23-15(26)11-32-21-24-18(28)17-14(10-30-19(17)25-21)12-6-4-3-5-7-12/h3-7,9-10H,2,8,11H2,1H3,(H,22,23,26)(H,24,25,28). The van der Waals surface area contributed by atoms with Gasteiger partial charge in [-0.3, -0.25) is 14.4 Å². The number of thiophene rings is 1. The molecule has 0 saturated carbocycles. The van der Waals surface area contributed by atoms with Gasteiger partial charge in [-0.1, -0.05) is 42.1 Å². The van der Waals surface area contributed by atoms with Crippen LogP contribution < -0.4 is 10.9 Å². The fourth-order valence-electron chi connectivity index (χ4n) is 2.92. The van der Waals surface area contributed by atoms with E-state index in [4.69, 9.17) is 4.74 Å². The molecule has 4 rings (SSSR count). The molecule has 3 heterocycles. The number of ether oxygens (including phenoxy) is 1. The third kappa shape index (κ3) is 5.23. The monoisotopic (exact) mass is 486 g/mol. The molecular formula is C21H18N4O4S3. The molecular weight excluding hydrogens is 468 g/mol. The number of thioether (sulfide) groups is 1. The molecule has 1 aromatic carbocycles. The van der Waals surface area contributed by atoms with Crippen LogP contribution >= 0.6 is 34.4 Å². The van der Waals surface area contributed by atoms with Gasteiger partial charge in [-0.25, -0.2) is 9.97 Å². The minimum absolute atomic E-state index is 0.0537. The van der Waals surface area contributed by atoms with E-state index in [2.05, 4.69) is 20.3 Å². The highest BCUT2D eigenvalue weighted by Crippen LogP contribution is 2.31. The van der Waals surface area contributed by atoms with E-state index in [1.54, 1.807) is 12.3 Å². The first-order chi connectivity index (χ1) is 15.5. The molecule has 0 aliphatic rings. The summed E-state index contributed by atoms with van der Waals surface area (Å²) < 4.78 is 4.89. The highest BCUT2D eigenvalue weighted by Gasteiger charge is 2.15. The number of aromatic nitrogens is 3. The molecule has 4 aromatic rings. The lowest BCUT2D eigenvalue weighted by molar-refractivity contribution is -0.142. The number of nitrogens with one attached hydrogen (secondary N) is 2. The van der Waals surface area contributed by atoms with Gasteiger partial charge in [0.15, 0.2) is 10.3 Å². The Morgan fingerprint density at radius 2 is 1.97 bits per heavy atom. The first-order valence-corrected chi connectivity index (χ1v) is 12.4. The van der Waals surface area contributed by atoms with E-state index in [-0.39, 0.29) is 29.6 Å². The van der Waals surface area contributed by atoms with Crippen LogP contribution in [0.5, 0.6) is 0 Å². The maximum absolute atomic E-state index is 12.7. The molecule has 0 bridgehead atoms.